The van der Waals surface area contributed by atoms with Gasteiger partial charge in [-0.05, 0) is 0 Å². The Morgan fingerprint density at radius 3 is 2.21 bits per heavy atom. The lowest BCUT2D eigenvalue weighted by Gasteiger charge is -2.31. The van der Waals surface area contributed by atoms with E-state index >= 15 is 0 Å². The predicted molar refractivity (Wildman–Crippen MR) is 65.7 cm³/mol. The van der Waals surface area contributed by atoms with Crippen LogP contribution in [0.3, 0.4) is 0 Å². The summed E-state index contributed by atoms with van der Waals surface area (Å²) in [6, 6.07) is 0. The summed E-state index contributed by atoms with van der Waals surface area (Å²) < 4.78 is 9.59. The number of nitrogens with zero attached hydrogens (tertiary/aromatic N) is 1. The van der Waals surface area contributed by atoms with E-state index in [2.05, 4.69) is 44.2 Å². The highest BCUT2D eigenvalue weighted by atomic mass is 28.3. The highest BCUT2D eigenvalue weighted by Crippen LogP contribution is 2.38. The van der Waals surface area contributed by atoms with E-state index in [-0.39, 0.29) is 5.04 Å². The van der Waals surface area contributed by atoms with Crippen LogP contribution in [0.15, 0.2) is 11.8 Å². The highest BCUT2D eigenvalue weighted by Gasteiger charge is 2.45. The molecule has 0 aromatic rings. The first-order valence-corrected chi connectivity index (χ1v) is 8.46. The zero-order valence-corrected chi connectivity index (χ0v) is 11.0. The van der Waals surface area contributed by atoms with E-state index in [0.717, 1.165) is 11.5 Å². The molecule has 0 spiro atoms. The second-order valence-corrected chi connectivity index (χ2v) is 11.0. The van der Waals surface area contributed by atoms with Crippen LogP contribution in [0.4, 0.5) is 0 Å². The predicted octanol–water partition coefficient (Wildman–Crippen LogP) is 2.23. The number of methoxy groups -OCH3 is 1. The van der Waals surface area contributed by atoms with E-state index in [0.29, 0.717) is 0 Å². The molecule has 0 fully saturated rings. The number of rotatable bonds is 3. The SMILES string of the molecule is COC1=CC(C(C)(C)[Si](C)(C)C)=[N+]=C1. The van der Waals surface area contributed by atoms with Crippen LogP contribution < -0.4 is 4.67 Å². The molecule has 0 saturated heterocycles. The summed E-state index contributed by atoms with van der Waals surface area (Å²) in [5.41, 5.74) is 1.16. The number of allylic oxidation sites excluding steroid dienone is 2. The van der Waals surface area contributed by atoms with Gasteiger partial charge in [-0.1, -0.05) is 38.2 Å². The molecule has 0 aromatic carbocycles. The van der Waals surface area contributed by atoms with Gasteiger partial charge in [-0.3, -0.25) is 0 Å². The molecule has 3 heteroatoms. The summed E-state index contributed by atoms with van der Waals surface area (Å²) in [5, 5.41) is 0.198. The molecule has 0 unspecified atom stereocenters. The van der Waals surface area contributed by atoms with Gasteiger partial charge in [0.2, 0.25) is 5.76 Å². The zero-order valence-electron chi connectivity index (χ0n) is 10.0. The minimum absolute atomic E-state index is 0.198. The first-order valence-electron chi connectivity index (χ1n) is 4.96. The molecule has 1 aliphatic rings. The fourth-order valence-corrected chi connectivity index (χ4v) is 2.09. The van der Waals surface area contributed by atoms with E-state index in [1.54, 1.807) is 13.3 Å². The third kappa shape index (κ3) is 1.84. The van der Waals surface area contributed by atoms with Crippen LogP contribution in [0, 0.1) is 0 Å². The van der Waals surface area contributed by atoms with Gasteiger partial charge in [0.1, 0.15) is 0 Å². The molecule has 0 amide bonds. The maximum atomic E-state index is 5.16. The second kappa shape index (κ2) is 3.41. The van der Waals surface area contributed by atoms with Gasteiger partial charge in [-0.25, -0.2) is 0 Å². The first kappa shape index (κ1) is 11.3. The highest BCUT2D eigenvalue weighted by molar-refractivity contribution is 6.82. The molecule has 1 rings (SSSR count). The molecule has 0 radical (unpaired) electrons. The summed E-state index contributed by atoms with van der Waals surface area (Å²) in [6.45, 7) is 11.7. The van der Waals surface area contributed by atoms with Gasteiger partial charge in [-0.15, -0.1) is 0 Å². The fraction of sp³-hybridized carbons (Fsp3) is 0.636. The Bertz CT molecular complexity index is 328. The largest absolute Gasteiger partial charge is 0.490 e. The number of hydrogen-bond acceptors (Lipinski definition) is 1. The monoisotopic (exact) mass is 210 g/mol. The standard InChI is InChI=1S/C11H20NOSi/c1-11(2,14(4,5)6)10-7-9(13-3)8-12-10/h7-8H,1-6H3/q+1. The van der Waals surface area contributed by atoms with Crippen molar-refractivity contribution in [1.82, 2.24) is 4.67 Å². The van der Waals surface area contributed by atoms with Crippen molar-refractivity contribution in [2.75, 3.05) is 7.11 Å². The minimum atomic E-state index is -1.24. The van der Waals surface area contributed by atoms with Crippen LogP contribution in [-0.4, -0.2) is 27.1 Å². The van der Waals surface area contributed by atoms with Gasteiger partial charge in [0.15, 0.2) is 0 Å². The Morgan fingerprint density at radius 1 is 1.29 bits per heavy atom. The molecule has 78 valence electrons. The summed E-state index contributed by atoms with van der Waals surface area (Å²) >= 11 is 0. The molecule has 2 nitrogen and oxygen atoms in total. The summed E-state index contributed by atoms with van der Waals surface area (Å²) in [4.78, 5) is 0. The molecule has 0 saturated carbocycles. The van der Waals surface area contributed by atoms with Crippen LogP contribution >= 0.6 is 0 Å². The van der Waals surface area contributed by atoms with Gasteiger partial charge in [0, 0.05) is 0 Å². The average Bonchev–Trinajstić information content (AvgIpc) is 2.49. The van der Waals surface area contributed by atoms with E-state index in [1.807, 2.05) is 0 Å². The Kier molecular flexibility index (Phi) is 2.75. The van der Waals surface area contributed by atoms with Crippen molar-refractivity contribution in [3.8, 4) is 0 Å². The third-order valence-electron chi connectivity index (χ3n) is 3.36. The molecule has 0 aromatic heterocycles. The van der Waals surface area contributed by atoms with E-state index in [9.17, 15) is 0 Å². The smallest absolute Gasteiger partial charge is 0.334 e. The molecule has 1 aliphatic heterocycles. The van der Waals surface area contributed by atoms with Gasteiger partial charge in [0.05, 0.1) is 26.3 Å². The maximum Gasteiger partial charge on any atom is 0.334 e. The molecular formula is C11H20NOSi+. The molecular weight excluding hydrogens is 190 g/mol. The van der Waals surface area contributed by atoms with Crippen LogP contribution in [0.2, 0.25) is 24.7 Å². The maximum absolute atomic E-state index is 5.16. The normalized spacial score (nSPS) is 16.7. The molecule has 14 heavy (non-hydrogen) atoms. The average molecular weight is 210 g/mol. The molecule has 0 bridgehead atoms. The lowest BCUT2D eigenvalue weighted by molar-refractivity contribution is 0.318. The van der Waals surface area contributed by atoms with Crippen molar-refractivity contribution in [1.29, 1.82) is 0 Å². The minimum Gasteiger partial charge on any atom is -0.490 e. The van der Waals surface area contributed by atoms with Crippen molar-refractivity contribution in [2.45, 2.75) is 38.5 Å². The molecule has 0 N–H and O–H groups in total. The van der Waals surface area contributed by atoms with E-state index < -0.39 is 8.07 Å². The van der Waals surface area contributed by atoms with Crippen molar-refractivity contribution >= 4 is 20.0 Å². The van der Waals surface area contributed by atoms with Crippen molar-refractivity contribution in [2.24, 2.45) is 0 Å². The Morgan fingerprint density at radius 2 is 1.86 bits per heavy atom. The lowest BCUT2D eigenvalue weighted by Crippen LogP contribution is -2.40. The molecule has 0 atom stereocenters. The topological polar surface area (TPSA) is 23.3 Å². The summed E-state index contributed by atoms with van der Waals surface area (Å²) in [5.74, 6) is 0.867. The number of ether oxygens (including phenoxy) is 1. The first-order chi connectivity index (χ1) is 6.29. The van der Waals surface area contributed by atoms with Gasteiger partial charge < -0.3 is 4.74 Å². The summed E-state index contributed by atoms with van der Waals surface area (Å²) in [7, 11) is 0.440. The van der Waals surface area contributed by atoms with E-state index in [1.165, 1.54) is 0 Å². The van der Waals surface area contributed by atoms with Gasteiger partial charge in [-0.2, -0.15) is 0 Å². The van der Waals surface area contributed by atoms with Crippen molar-refractivity contribution in [3.05, 3.63) is 11.8 Å². The quantitative estimate of drug-likeness (QED) is 0.517. The Labute approximate surface area is 87.4 Å². The van der Waals surface area contributed by atoms with Gasteiger partial charge in [0.25, 0.3) is 0 Å². The van der Waals surface area contributed by atoms with Crippen LogP contribution in [0.25, 0.3) is 0 Å². The van der Waals surface area contributed by atoms with Crippen molar-refractivity contribution < 1.29 is 4.74 Å². The number of hydrogen-bond donors (Lipinski definition) is 0. The zero-order chi connectivity index (χ0) is 11.0. The second-order valence-electron chi connectivity index (χ2n) is 5.27. The van der Waals surface area contributed by atoms with E-state index in [4.69, 9.17) is 4.74 Å². The Balaban J connectivity index is 2.99. The lowest BCUT2D eigenvalue weighted by atomic mass is 10.1. The van der Waals surface area contributed by atoms with Crippen LogP contribution in [0.1, 0.15) is 13.8 Å². The van der Waals surface area contributed by atoms with Crippen LogP contribution in [-0.2, 0) is 4.74 Å². The van der Waals surface area contributed by atoms with Crippen LogP contribution in [0.5, 0.6) is 0 Å². The Hall–Kier alpha value is -0.793. The third-order valence-corrected chi connectivity index (χ3v) is 7.37. The molecule has 1 heterocycles. The fourth-order valence-electron chi connectivity index (χ4n) is 1.18. The van der Waals surface area contributed by atoms with Crippen molar-refractivity contribution in [3.63, 3.8) is 0 Å². The van der Waals surface area contributed by atoms with Gasteiger partial charge >= 0.3 is 11.9 Å². The summed E-state index contributed by atoms with van der Waals surface area (Å²) in [6.07, 6.45) is 3.86. The molecule has 0 aliphatic carbocycles.